The molecule has 6 rings (SSSR count). The molecule has 1 aliphatic heterocycles. The molecular formula is C27H29N5O3S. The zero-order valence-corrected chi connectivity index (χ0v) is 20.8. The molecule has 2 aliphatic rings. The number of nitrogens with zero attached hydrogens (tertiary/aromatic N) is 4. The van der Waals surface area contributed by atoms with Gasteiger partial charge in [0.25, 0.3) is 0 Å². The van der Waals surface area contributed by atoms with Crippen molar-refractivity contribution in [2.75, 3.05) is 36.5 Å². The van der Waals surface area contributed by atoms with E-state index in [1.807, 2.05) is 48.7 Å². The average Bonchev–Trinajstić information content (AvgIpc) is 3.32. The van der Waals surface area contributed by atoms with Crippen LogP contribution in [0.25, 0.3) is 21.5 Å². The highest BCUT2D eigenvalue weighted by atomic mass is 32.1. The molecular weight excluding hydrogens is 474 g/mol. The lowest BCUT2D eigenvalue weighted by Crippen LogP contribution is -2.36. The minimum absolute atomic E-state index is 0.0719. The third-order valence-corrected chi connectivity index (χ3v) is 7.69. The minimum atomic E-state index is -0.309. The van der Waals surface area contributed by atoms with Gasteiger partial charge in [0.1, 0.15) is 17.3 Å². The molecule has 1 aliphatic carbocycles. The minimum Gasteiger partial charge on any atom is -0.457 e. The second kappa shape index (κ2) is 10.4. The maximum absolute atomic E-state index is 10.3. The second-order valence-electron chi connectivity index (χ2n) is 9.23. The molecule has 1 saturated carbocycles. The van der Waals surface area contributed by atoms with Crippen molar-refractivity contribution < 1.29 is 14.6 Å². The standard InChI is InChI=1S/C27H29N5O3S/c33-24-4-2-1-3-21(24)30-27-31-22-7-6-19(16-25(22)36-27)35-20-9-10-28-23(15-20)18-5-8-26(29-17-18)32-11-13-34-14-12-32/h5-10,15-17,21,24,33H,1-4,11-14H2,(H,30,31)/t21-,24-/m1/s1. The maximum atomic E-state index is 10.3. The van der Waals surface area contributed by atoms with E-state index in [4.69, 9.17) is 14.5 Å². The molecule has 2 fully saturated rings. The van der Waals surface area contributed by atoms with E-state index < -0.39 is 0 Å². The highest BCUT2D eigenvalue weighted by molar-refractivity contribution is 7.22. The summed E-state index contributed by atoms with van der Waals surface area (Å²) in [6.07, 6.45) is 7.36. The van der Waals surface area contributed by atoms with Crippen molar-refractivity contribution in [3.05, 3.63) is 54.9 Å². The molecule has 2 atom stereocenters. The summed E-state index contributed by atoms with van der Waals surface area (Å²) in [5, 5.41) is 14.5. The van der Waals surface area contributed by atoms with Crippen LogP contribution in [0, 0.1) is 0 Å². The molecule has 0 spiro atoms. The molecule has 8 nitrogen and oxygen atoms in total. The van der Waals surface area contributed by atoms with Crippen LogP contribution in [0.5, 0.6) is 11.5 Å². The molecule has 0 bridgehead atoms. The third-order valence-electron chi connectivity index (χ3n) is 6.74. The highest BCUT2D eigenvalue weighted by Crippen LogP contribution is 2.33. The maximum Gasteiger partial charge on any atom is 0.184 e. The van der Waals surface area contributed by atoms with Gasteiger partial charge in [0.05, 0.1) is 41.3 Å². The summed E-state index contributed by atoms with van der Waals surface area (Å²) >= 11 is 1.58. The number of nitrogens with one attached hydrogen (secondary N) is 1. The Morgan fingerprint density at radius 3 is 2.69 bits per heavy atom. The van der Waals surface area contributed by atoms with Crippen molar-refractivity contribution in [3.8, 4) is 22.8 Å². The van der Waals surface area contributed by atoms with Crippen molar-refractivity contribution in [3.63, 3.8) is 0 Å². The number of hydrogen-bond acceptors (Lipinski definition) is 9. The number of hydrogen-bond donors (Lipinski definition) is 2. The number of rotatable bonds is 6. The molecule has 0 unspecified atom stereocenters. The van der Waals surface area contributed by atoms with Gasteiger partial charge < -0.3 is 24.8 Å². The lowest BCUT2D eigenvalue weighted by Gasteiger charge is -2.27. The second-order valence-corrected chi connectivity index (χ2v) is 10.3. The number of pyridine rings is 2. The Balaban J connectivity index is 1.15. The van der Waals surface area contributed by atoms with Gasteiger partial charge in [0, 0.05) is 43.2 Å². The normalized spacial score (nSPS) is 20.4. The smallest absolute Gasteiger partial charge is 0.184 e. The Hall–Kier alpha value is -3.27. The van der Waals surface area contributed by atoms with Crippen molar-refractivity contribution in [1.82, 2.24) is 15.0 Å². The molecule has 2 N–H and O–H groups in total. The van der Waals surface area contributed by atoms with Crippen molar-refractivity contribution >= 4 is 32.5 Å². The van der Waals surface area contributed by atoms with Crippen molar-refractivity contribution in [2.24, 2.45) is 0 Å². The van der Waals surface area contributed by atoms with Gasteiger partial charge in [0.15, 0.2) is 5.13 Å². The van der Waals surface area contributed by atoms with E-state index in [2.05, 4.69) is 20.2 Å². The summed E-state index contributed by atoms with van der Waals surface area (Å²) < 4.78 is 12.6. The van der Waals surface area contributed by atoms with E-state index in [0.717, 1.165) is 90.2 Å². The molecule has 4 aromatic rings. The fourth-order valence-electron chi connectivity index (χ4n) is 4.75. The number of morpholine rings is 1. The lowest BCUT2D eigenvalue weighted by molar-refractivity contribution is 0.116. The molecule has 9 heteroatoms. The van der Waals surface area contributed by atoms with E-state index in [1.54, 1.807) is 17.5 Å². The summed E-state index contributed by atoms with van der Waals surface area (Å²) in [6, 6.07) is 13.8. The van der Waals surface area contributed by atoms with Crippen molar-refractivity contribution in [2.45, 2.75) is 37.8 Å². The molecule has 0 radical (unpaired) electrons. The van der Waals surface area contributed by atoms with E-state index in [1.165, 1.54) is 0 Å². The number of aliphatic hydroxyl groups is 1. The first kappa shape index (κ1) is 23.1. The fourth-order valence-corrected chi connectivity index (χ4v) is 5.71. The van der Waals surface area contributed by atoms with Gasteiger partial charge in [-0.15, -0.1) is 0 Å². The number of thiazole rings is 1. The number of aromatic nitrogens is 3. The van der Waals surface area contributed by atoms with Gasteiger partial charge in [-0.05, 0) is 43.2 Å². The van der Waals surface area contributed by atoms with E-state index >= 15 is 0 Å². The quantitative estimate of drug-likeness (QED) is 0.376. The molecule has 0 amide bonds. The SMILES string of the molecule is O[C@@H]1CCCC[C@H]1Nc1nc2ccc(Oc3ccnc(-c4ccc(N5CCOCC5)nc4)c3)cc2s1. The lowest BCUT2D eigenvalue weighted by atomic mass is 9.93. The topological polar surface area (TPSA) is 92.6 Å². The highest BCUT2D eigenvalue weighted by Gasteiger charge is 2.23. The van der Waals surface area contributed by atoms with E-state index in [-0.39, 0.29) is 12.1 Å². The number of fused-ring (bicyclic) bond motifs is 1. The monoisotopic (exact) mass is 503 g/mol. The van der Waals surface area contributed by atoms with Crippen LogP contribution in [0.1, 0.15) is 25.7 Å². The zero-order chi connectivity index (χ0) is 24.3. The van der Waals surface area contributed by atoms with Crippen LogP contribution in [-0.2, 0) is 4.74 Å². The summed E-state index contributed by atoms with van der Waals surface area (Å²) in [5.74, 6) is 2.41. The first-order valence-corrected chi connectivity index (χ1v) is 13.3. The Labute approximate surface area is 213 Å². The number of anilines is 2. The van der Waals surface area contributed by atoms with Crippen molar-refractivity contribution in [1.29, 1.82) is 0 Å². The Bertz CT molecular complexity index is 1320. The molecule has 4 heterocycles. The summed E-state index contributed by atoms with van der Waals surface area (Å²) in [4.78, 5) is 16.1. The molecule has 1 aromatic carbocycles. The van der Waals surface area contributed by atoms with Crippen LogP contribution < -0.4 is 15.0 Å². The summed E-state index contributed by atoms with van der Waals surface area (Å²) in [6.45, 7) is 3.19. The first-order chi connectivity index (χ1) is 17.7. The molecule has 36 heavy (non-hydrogen) atoms. The Morgan fingerprint density at radius 1 is 1.00 bits per heavy atom. The number of ether oxygens (including phenoxy) is 2. The predicted molar refractivity (Wildman–Crippen MR) is 142 cm³/mol. The van der Waals surface area contributed by atoms with Gasteiger partial charge in [-0.1, -0.05) is 24.2 Å². The van der Waals surface area contributed by atoms with Crippen LogP contribution in [0.2, 0.25) is 0 Å². The average molecular weight is 504 g/mol. The molecule has 1 saturated heterocycles. The molecule has 3 aromatic heterocycles. The van der Waals surface area contributed by atoms with Gasteiger partial charge >= 0.3 is 0 Å². The third kappa shape index (κ3) is 5.13. The zero-order valence-electron chi connectivity index (χ0n) is 20.0. The van der Waals surface area contributed by atoms with Crippen LogP contribution in [0.3, 0.4) is 0 Å². The van der Waals surface area contributed by atoms with E-state index in [0.29, 0.717) is 5.75 Å². The Kier molecular flexibility index (Phi) is 6.67. The van der Waals surface area contributed by atoms with Crippen LogP contribution in [0.4, 0.5) is 10.9 Å². The van der Waals surface area contributed by atoms with Crippen LogP contribution >= 0.6 is 11.3 Å². The summed E-state index contributed by atoms with van der Waals surface area (Å²) in [5.41, 5.74) is 2.67. The van der Waals surface area contributed by atoms with Crippen LogP contribution in [0.15, 0.2) is 54.9 Å². The fraction of sp³-hybridized carbons (Fsp3) is 0.370. The van der Waals surface area contributed by atoms with Gasteiger partial charge in [-0.2, -0.15) is 0 Å². The van der Waals surface area contributed by atoms with E-state index in [9.17, 15) is 5.11 Å². The van der Waals surface area contributed by atoms with Crippen LogP contribution in [-0.4, -0.2) is 58.5 Å². The van der Waals surface area contributed by atoms with Gasteiger partial charge in [-0.3, -0.25) is 4.98 Å². The first-order valence-electron chi connectivity index (χ1n) is 12.5. The largest absolute Gasteiger partial charge is 0.457 e. The van der Waals surface area contributed by atoms with Gasteiger partial charge in [-0.25, -0.2) is 9.97 Å². The number of benzene rings is 1. The summed E-state index contributed by atoms with van der Waals surface area (Å²) in [7, 11) is 0. The number of aliphatic hydroxyl groups excluding tert-OH is 1. The predicted octanol–water partition coefficient (Wildman–Crippen LogP) is 5.10. The van der Waals surface area contributed by atoms with Gasteiger partial charge in [0.2, 0.25) is 0 Å². The molecule has 186 valence electrons. The Morgan fingerprint density at radius 2 is 1.86 bits per heavy atom.